The first-order chi connectivity index (χ1) is 5.34. The van der Waals surface area contributed by atoms with Gasteiger partial charge in [-0.15, -0.1) is 0 Å². The summed E-state index contributed by atoms with van der Waals surface area (Å²) < 4.78 is 16.0. The van der Waals surface area contributed by atoms with E-state index in [9.17, 15) is 5.11 Å². The minimum atomic E-state index is -0.354. The van der Waals surface area contributed by atoms with Crippen LogP contribution in [0.1, 0.15) is 0 Å². The number of rotatable bonds is 0. The third-order valence-electron chi connectivity index (χ3n) is 3.28. The number of fused-ring (bicyclic) bond motifs is 3. The molecule has 11 heavy (non-hydrogen) atoms. The molecule has 4 fully saturated rings. The van der Waals surface area contributed by atoms with Gasteiger partial charge in [0.05, 0.1) is 18.6 Å². The molecule has 4 heteroatoms. The van der Waals surface area contributed by atoms with E-state index < -0.39 is 0 Å². The van der Waals surface area contributed by atoms with Crippen LogP contribution in [-0.2, 0) is 14.2 Å². The number of aliphatic hydroxyl groups is 1. The van der Waals surface area contributed by atoms with Gasteiger partial charge in [-0.1, -0.05) is 0 Å². The second kappa shape index (κ2) is 1.25. The Balaban J connectivity index is 1.81. The van der Waals surface area contributed by atoms with Gasteiger partial charge in [-0.25, -0.2) is 0 Å². The van der Waals surface area contributed by atoms with E-state index in [1.807, 2.05) is 0 Å². The molecule has 4 nitrogen and oxygen atoms in total. The van der Waals surface area contributed by atoms with Gasteiger partial charge >= 0.3 is 0 Å². The highest BCUT2D eigenvalue weighted by Gasteiger charge is 2.92. The van der Waals surface area contributed by atoms with Gasteiger partial charge in [0.2, 0.25) is 0 Å². The zero-order valence-electron chi connectivity index (χ0n) is 5.77. The van der Waals surface area contributed by atoms with Crippen LogP contribution < -0.4 is 0 Å². The first-order valence-electron chi connectivity index (χ1n) is 3.97. The van der Waals surface area contributed by atoms with Crippen LogP contribution in [0.5, 0.6) is 0 Å². The molecule has 0 radical (unpaired) electrons. The minimum Gasteiger partial charge on any atom is -0.390 e. The predicted molar refractivity (Wildman–Crippen MR) is 31.7 cm³/mol. The fourth-order valence-corrected chi connectivity index (χ4v) is 2.50. The van der Waals surface area contributed by atoms with Crippen LogP contribution in [0.2, 0.25) is 0 Å². The third kappa shape index (κ3) is 0.381. The summed E-state index contributed by atoms with van der Waals surface area (Å²) in [5, 5.41) is 9.62. The zero-order valence-corrected chi connectivity index (χ0v) is 5.77. The van der Waals surface area contributed by atoms with E-state index in [0.29, 0.717) is 12.5 Å². The Kier molecular flexibility index (Phi) is 0.621. The van der Waals surface area contributed by atoms with Crippen LogP contribution in [0.4, 0.5) is 0 Å². The van der Waals surface area contributed by atoms with E-state index in [1.54, 1.807) is 0 Å². The van der Waals surface area contributed by atoms with Crippen LogP contribution in [0.25, 0.3) is 0 Å². The Morgan fingerprint density at radius 2 is 2.36 bits per heavy atom. The summed E-state index contributed by atoms with van der Waals surface area (Å²) in [6.07, 6.45) is -0.377. The van der Waals surface area contributed by atoms with Crippen molar-refractivity contribution in [2.24, 2.45) is 5.92 Å². The number of aliphatic hydroxyl groups excluding tert-OH is 1. The van der Waals surface area contributed by atoms with Crippen molar-refractivity contribution in [2.45, 2.75) is 30.2 Å². The fraction of sp³-hybridized carbons (Fsp3) is 1.00. The summed E-state index contributed by atoms with van der Waals surface area (Å²) in [5.74, 6) is 0.314. The van der Waals surface area contributed by atoms with Gasteiger partial charge < -0.3 is 19.3 Å². The van der Waals surface area contributed by atoms with Gasteiger partial charge in [0.15, 0.2) is 11.9 Å². The van der Waals surface area contributed by atoms with E-state index in [1.165, 1.54) is 0 Å². The molecule has 4 rings (SSSR count). The quantitative estimate of drug-likeness (QED) is 0.451. The molecule has 1 N–H and O–H groups in total. The van der Waals surface area contributed by atoms with Crippen molar-refractivity contribution in [1.82, 2.24) is 0 Å². The number of epoxide rings is 1. The molecule has 3 aliphatic heterocycles. The smallest absolute Gasteiger partial charge is 0.190 e. The average Bonchev–Trinajstić information content (AvgIpc) is 2.75. The van der Waals surface area contributed by atoms with Crippen LogP contribution >= 0.6 is 0 Å². The van der Waals surface area contributed by atoms with Gasteiger partial charge in [-0.2, -0.15) is 0 Å². The minimum absolute atomic E-state index is 0.0907. The lowest BCUT2D eigenvalue weighted by molar-refractivity contribution is -0.177. The maximum atomic E-state index is 9.62. The average molecular weight is 156 g/mol. The van der Waals surface area contributed by atoms with Crippen molar-refractivity contribution in [3.8, 4) is 0 Å². The fourth-order valence-electron chi connectivity index (χ4n) is 2.50. The number of ether oxygens (including phenoxy) is 3. The Hall–Kier alpha value is -0.160. The van der Waals surface area contributed by atoms with Gasteiger partial charge in [0.25, 0.3) is 0 Å². The van der Waals surface area contributed by atoms with E-state index in [2.05, 4.69) is 0 Å². The van der Waals surface area contributed by atoms with E-state index >= 15 is 0 Å². The van der Waals surface area contributed by atoms with Crippen molar-refractivity contribution >= 4 is 0 Å². The Morgan fingerprint density at radius 3 is 3.18 bits per heavy atom. The predicted octanol–water partition coefficient (Wildman–Crippen LogP) is -1.13. The molecule has 0 aromatic heterocycles. The molecule has 0 aromatic carbocycles. The maximum absolute atomic E-state index is 9.62. The lowest BCUT2D eigenvalue weighted by Gasteiger charge is -2.27. The molecule has 6 atom stereocenters. The van der Waals surface area contributed by atoms with Crippen molar-refractivity contribution in [2.75, 3.05) is 6.61 Å². The summed E-state index contributed by atoms with van der Waals surface area (Å²) in [6, 6.07) is 0. The highest BCUT2D eigenvalue weighted by atomic mass is 16.8. The van der Waals surface area contributed by atoms with Gasteiger partial charge in [0, 0.05) is 0 Å². The zero-order chi connectivity index (χ0) is 7.22. The molecular weight excluding hydrogens is 148 g/mol. The molecule has 0 amide bonds. The summed E-state index contributed by atoms with van der Waals surface area (Å²) >= 11 is 0. The third-order valence-corrected chi connectivity index (χ3v) is 3.28. The molecule has 2 bridgehead atoms. The van der Waals surface area contributed by atoms with Crippen molar-refractivity contribution in [1.29, 1.82) is 0 Å². The monoisotopic (exact) mass is 156 g/mol. The summed E-state index contributed by atoms with van der Waals surface area (Å²) in [7, 11) is 0. The molecule has 1 aliphatic carbocycles. The molecule has 60 valence electrons. The van der Waals surface area contributed by atoms with E-state index in [-0.39, 0.29) is 30.2 Å². The van der Waals surface area contributed by atoms with Crippen LogP contribution in [-0.4, -0.2) is 41.9 Å². The normalized spacial score (nSPS) is 75.5. The molecular formula is C7H8O4. The first kappa shape index (κ1) is 5.48. The molecule has 3 saturated heterocycles. The Labute approximate surface area is 63.0 Å². The summed E-state index contributed by atoms with van der Waals surface area (Å²) in [6.45, 7) is 0.528. The number of hydrogen-bond donors (Lipinski definition) is 1. The van der Waals surface area contributed by atoms with E-state index in [4.69, 9.17) is 14.2 Å². The van der Waals surface area contributed by atoms with Crippen LogP contribution in [0.15, 0.2) is 0 Å². The summed E-state index contributed by atoms with van der Waals surface area (Å²) in [5.41, 5.74) is -0.202. The van der Waals surface area contributed by atoms with Gasteiger partial charge in [-0.05, 0) is 0 Å². The maximum Gasteiger partial charge on any atom is 0.190 e. The second-order valence-electron chi connectivity index (χ2n) is 3.75. The Bertz CT molecular complexity index is 243. The highest BCUT2D eigenvalue weighted by Crippen LogP contribution is 2.72. The van der Waals surface area contributed by atoms with Crippen molar-refractivity contribution in [3.63, 3.8) is 0 Å². The molecule has 1 saturated carbocycles. The Morgan fingerprint density at radius 1 is 1.45 bits per heavy atom. The van der Waals surface area contributed by atoms with Gasteiger partial charge in [0.1, 0.15) is 12.2 Å². The van der Waals surface area contributed by atoms with Gasteiger partial charge in [-0.3, -0.25) is 0 Å². The lowest BCUT2D eigenvalue weighted by Crippen LogP contribution is -2.43. The summed E-state index contributed by atoms with van der Waals surface area (Å²) in [4.78, 5) is 0. The van der Waals surface area contributed by atoms with Crippen molar-refractivity contribution < 1.29 is 19.3 Å². The van der Waals surface area contributed by atoms with Crippen LogP contribution in [0, 0.1) is 5.92 Å². The lowest BCUT2D eigenvalue weighted by atomic mass is 10.0. The largest absolute Gasteiger partial charge is 0.390 e. The molecule has 0 aromatic rings. The van der Waals surface area contributed by atoms with Crippen LogP contribution in [0.3, 0.4) is 0 Å². The molecule has 3 heterocycles. The number of hydrogen-bond acceptors (Lipinski definition) is 4. The molecule has 1 spiro atoms. The first-order valence-corrected chi connectivity index (χ1v) is 3.97. The SMILES string of the molecule is O[C@@H]1C2CO[C@H](O2)C23OC2C13. The van der Waals surface area contributed by atoms with Crippen molar-refractivity contribution in [3.05, 3.63) is 0 Å². The highest BCUT2D eigenvalue weighted by molar-refractivity contribution is 5.35. The molecule has 4 aliphatic rings. The molecule has 4 unspecified atom stereocenters. The van der Waals surface area contributed by atoms with E-state index in [0.717, 1.165) is 0 Å². The topological polar surface area (TPSA) is 51.2 Å². The standard InChI is InChI=1S/C7H8O4/c8-4-2-1-9-6(10-2)7-3(4)5(7)11-7/h2-6,8H,1H2/t2?,3?,4-,5?,6-,7?/m1/s1. The second-order valence-corrected chi connectivity index (χ2v) is 3.75.